The van der Waals surface area contributed by atoms with Crippen molar-refractivity contribution in [3.8, 4) is 0 Å². The van der Waals surface area contributed by atoms with Crippen molar-refractivity contribution in [1.82, 2.24) is 9.71 Å². The average Bonchev–Trinajstić information content (AvgIpc) is 2.25. The first-order valence-electron chi connectivity index (χ1n) is 5.64. The van der Waals surface area contributed by atoms with Gasteiger partial charge in [0.2, 0.25) is 0 Å². The summed E-state index contributed by atoms with van der Waals surface area (Å²) in [5.74, 6) is -0.361. The summed E-state index contributed by atoms with van der Waals surface area (Å²) in [6.07, 6.45) is 1.93. The lowest BCUT2D eigenvalue weighted by molar-refractivity contribution is 0.572. The second kappa shape index (κ2) is 5.69. The van der Waals surface area contributed by atoms with Crippen LogP contribution in [0.3, 0.4) is 0 Å². The maximum absolute atomic E-state index is 12.8. The molecule has 0 saturated carbocycles. The molecule has 1 rings (SSSR count). The Morgan fingerprint density at radius 1 is 1.47 bits per heavy atom. The highest BCUT2D eigenvalue weighted by molar-refractivity contribution is 7.84. The zero-order valence-corrected chi connectivity index (χ0v) is 11.5. The van der Waals surface area contributed by atoms with Crippen molar-refractivity contribution < 1.29 is 8.60 Å². The van der Waals surface area contributed by atoms with E-state index in [9.17, 15) is 8.60 Å². The van der Waals surface area contributed by atoms with E-state index in [4.69, 9.17) is 0 Å². The quantitative estimate of drug-likeness (QED) is 0.902. The Kier molecular flexibility index (Phi) is 4.77. The number of hydrogen-bond acceptors (Lipinski definition) is 2. The van der Waals surface area contributed by atoms with E-state index in [1.54, 1.807) is 6.07 Å². The highest BCUT2D eigenvalue weighted by atomic mass is 32.2. The van der Waals surface area contributed by atoms with E-state index in [0.717, 1.165) is 6.42 Å². The molecule has 0 aromatic carbocycles. The Morgan fingerprint density at radius 2 is 2.12 bits per heavy atom. The molecule has 5 heteroatoms. The van der Waals surface area contributed by atoms with Gasteiger partial charge in [-0.3, -0.25) is 4.98 Å². The maximum Gasteiger partial charge on any atom is 0.141 e. The van der Waals surface area contributed by atoms with Crippen LogP contribution in [0.4, 0.5) is 4.39 Å². The standard InChI is InChI=1S/C12H19FN2OS/c1-5-10(15-17(16)12(2,3)4)11-7-6-9(13)8-14-11/h6-8,10,15H,5H2,1-4H3/t10-,17?/m0/s1. The van der Waals surface area contributed by atoms with Gasteiger partial charge in [-0.1, -0.05) is 6.92 Å². The topological polar surface area (TPSA) is 42.0 Å². The Labute approximate surface area is 104 Å². The predicted octanol–water partition coefficient (Wildman–Crippen LogP) is 2.72. The highest BCUT2D eigenvalue weighted by Gasteiger charge is 2.23. The molecule has 0 aliphatic heterocycles. The molecule has 0 spiro atoms. The summed E-state index contributed by atoms with van der Waals surface area (Å²) in [4.78, 5) is 4.01. The molecule has 0 aliphatic rings. The molecular formula is C12H19FN2OS. The minimum absolute atomic E-state index is 0.115. The zero-order valence-electron chi connectivity index (χ0n) is 10.7. The van der Waals surface area contributed by atoms with Crippen LogP contribution in [0.5, 0.6) is 0 Å². The van der Waals surface area contributed by atoms with Crippen molar-refractivity contribution in [2.75, 3.05) is 0 Å². The molecule has 1 unspecified atom stereocenters. The first-order chi connectivity index (χ1) is 7.84. The zero-order chi connectivity index (χ0) is 13.1. The second-order valence-electron chi connectivity index (χ2n) is 4.86. The Balaban J connectivity index is 2.79. The summed E-state index contributed by atoms with van der Waals surface area (Å²) < 4.78 is 27.4. The van der Waals surface area contributed by atoms with E-state index in [-0.39, 0.29) is 16.6 Å². The normalized spacial score (nSPS) is 15.6. The van der Waals surface area contributed by atoms with Crippen LogP contribution in [-0.4, -0.2) is 13.9 Å². The van der Waals surface area contributed by atoms with Gasteiger partial charge in [0, 0.05) is 0 Å². The number of hydrogen-bond donors (Lipinski definition) is 1. The van der Waals surface area contributed by atoms with Crippen molar-refractivity contribution in [2.45, 2.75) is 44.9 Å². The van der Waals surface area contributed by atoms with Crippen molar-refractivity contribution in [3.05, 3.63) is 29.8 Å². The molecule has 1 aromatic heterocycles. The van der Waals surface area contributed by atoms with Gasteiger partial charge in [0.15, 0.2) is 0 Å². The van der Waals surface area contributed by atoms with Gasteiger partial charge in [0.25, 0.3) is 0 Å². The average molecular weight is 258 g/mol. The molecule has 1 N–H and O–H groups in total. The highest BCUT2D eigenvalue weighted by Crippen LogP contribution is 2.18. The number of nitrogens with one attached hydrogen (secondary N) is 1. The van der Waals surface area contributed by atoms with Gasteiger partial charge in [-0.15, -0.1) is 0 Å². The van der Waals surface area contributed by atoms with Crippen LogP contribution < -0.4 is 4.72 Å². The van der Waals surface area contributed by atoms with Crippen molar-refractivity contribution in [3.63, 3.8) is 0 Å². The third-order valence-corrected chi connectivity index (χ3v) is 3.93. The Bertz CT molecular complexity index is 386. The Morgan fingerprint density at radius 3 is 2.53 bits per heavy atom. The van der Waals surface area contributed by atoms with Gasteiger partial charge in [-0.2, -0.15) is 0 Å². The molecule has 17 heavy (non-hydrogen) atoms. The summed E-state index contributed by atoms with van der Waals surface area (Å²) in [5.41, 5.74) is 0.714. The second-order valence-corrected chi connectivity index (χ2v) is 6.86. The van der Waals surface area contributed by atoms with E-state index in [1.165, 1.54) is 12.3 Å². The van der Waals surface area contributed by atoms with Crippen molar-refractivity contribution in [2.24, 2.45) is 0 Å². The third kappa shape index (κ3) is 4.16. The molecule has 0 radical (unpaired) electrons. The number of pyridine rings is 1. The van der Waals surface area contributed by atoms with Gasteiger partial charge < -0.3 is 0 Å². The Hall–Kier alpha value is -0.810. The fourth-order valence-electron chi connectivity index (χ4n) is 1.25. The summed E-state index contributed by atoms with van der Waals surface area (Å²) in [6, 6.07) is 2.87. The molecule has 0 bridgehead atoms. The molecule has 1 heterocycles. The lowest BCUT2D eigenvalue weighted by atomic mass is 10.1. The number of rotatable bonds is 4. The molecule has 0 amide bonds. The fraction of sp³-hybridized carbons (Fsp3) is 0.583. The fourth-order valence-corrected chi connectivity index (χ4v) is 2.15. The molecule has 3 nitrogen and oxygen atoms in total. The summed E-state index contributed by atoms with van der Waals surface area (Å²) in [7, 11) is -1.16. The largest absolute Gasteiger partial charge is 0.257 e. The lowest BCUT2D eigenvalue weighted by Gasteiger charge is -2.23. The first-order valence-corrected chi connectivity index (χ1v) is 6.79. The molecule has 1 aromatic rings. The molecule has 2 atom stereocenters. The molecule has 0 fully saturated rings. The van der Waals surface area contributed by atoms with Crippen LogP contribution in [0, 0.1) is 5.82 Å². The number of aromatic nitrogens is 1. The lowest BCUT2D eigenvalue weighted by Crippen LogP contribution is -2.35. The van der Waals surface area contributed by atoms with Gasteiger partial charge >= 0.3 is 0 Å². The molecular weight excluding hydrogens is 239 g/mol. The van der Waals surface area contributed by atoms with Crippen LogP contribution >= 0.6 is 0 Å². The molecule has 96 valence electrons. The van der Waals surface area contributed by atoms with Gasteiger partial charge in [-0.05, 0) is 39.3 Å². The SMILES string of the molecule is CC[C@H](NS(=O)C(C)(C)C)c1ccc(F)cn1. The minimum Gasteiger partial charge on any atom is -0.257 e. The number of nitrogens with zero attached hydrogens (tertiary/aromatic N) is 1. The van der Waals surface area contributed by atoms with Gasteiger partial charge in [0.1, 0.15) is 5.82 Å². The number of halogens is 1. The van der Waals surface area contributed by atoms with Crippen molar-refractivity contribution in [1.29, 1.82) is 0 Å². The van der Waals surface area contributed by atoms with E-state index in [1.807, 2.05) is 27.7 Å². The third-order valence-electron chi connectivity index (χ3n) is 2.32. The van der Waals surface area contributed by atoms with Crippen molar-refractivity contribution >= 4 is 11.0 Å². The van der Waals surface area contributed by atoms with E-state index >= 15 is 0 Å². The van der Waals surface area contributed by atoms with Crippen LogP contribution in [0.2, 0.25) is 0 Å². The maximum atomic E-state index is 12.8. The van der Waals surface area contributed by atoms with Crippen LogP contribution in [0.25, 0.3) is 0 Å². The van der Waals surface area contributed by atoms with Crippen LogP contribution in [0.15, 0.2) is 18.3 Å². The smallest absolute Gasteiger partial charge is 0.141 e. The van der Waals surface area contributed by atoms with E-state index < -0.39 is 11.0 Å². The van der Waals surface area contributed by atoms with Crippen LogP contribution in [0.1, 0.15) is 45.9 Å². The predicted molar refractivity (Wildman–Crippen MR) is 68.3 cm³/mol. The summed E-state index contributed by atoms with van der Waals surface area (Å²) in [5, 5.41) is 0. The molecule has 0 saturated heterocycles. The molecule has 0 aliphatic carbocycles. The van der Waals surface area contributed by atoms with Crippen LogP contribution in [-0.2, 0) is 11.0 Å². The monoisotopic (exact) mass is 258 g/mol. The first kappa shape index (κ1) is 14.3. The summed E-state index contributed by atoms with van der Waals surface area (Å²) in [6.45, 7) is 7.69. The summed E-state index contributed by atoms with van der Waals surface area (Å²) >= 11 is 0. The minimum atomic E-state index is -1.16. The van der Waals surface area contributed by atoms with Gasteiger partial charge in [-0.25, -0.2) is 13.3 Å². The van der Waals surface area contributed by atoms with Gasteiger partial charge in [0.05, 0.1) is 33.7 Å². The van der Waals surface area contributed by atoms with E-state index in [0.29, 0.717) is 5.69 Å². The van der Waals surface area contributed by atoms with E-state index in [2.05, 4.69) is 9.71 Å².